The van der Waals surface area contributed by atoms with Crippen LogP contribution in [0.15, 0.2) is 36.4 Å². The molecule has 1 heterocycles. The maximum Gasteiger partial charge on any atom is 0.131 e. The van der Waals surface area contributed by atoms with Gasteiger partial charge < -0.3 is 14.8 Å². The highest BCUT2D eigenvalue weighted by molar-refractivity contribution is 5.46. The van der Waals surface area contributed by atoms with E-state index in [2.05, 4.69) is 10.2 Å². The van der Waals surface area contributed by atoms with E-state index in [0.29, 0.717) is 17.1 Å². The minimum absolute atomic E-state index is 0.382. The summed E-state index contributed by atoms with van der Waals surface area (Å²) in [6.45, 7) is 3.13. The van der Waals surface area contributed by atoms with E-state index in [9.17, 15) is 8.78 Å². The summed E-state index contributed by atoms with van der Waals surface area (Å²) in [4.78, 5) is 2.17. The average Bonchev–Trinajstić information content (AvgIpc) is 2.64. The van der Waals surface area contributed by atoms with Crippen LogP contribution >= 0.6 is 0 Å². The molecule has 6 heteroatoms. The van der Waals surface area contributed by atoms with Gasteiger partial charge in [0, 0.05) is 43.4 Å². The molecule has 1 atom stereocenters. The zero-order valence-corrected chi connectivity index (χ0v) is 14.4. The van der Waals surface area contributed by atoms with Crippen LogP contribution < -0.4 is 14.8 Å². The second-order valence-corrected chi connectivity index (χ2v) is 5.96. The monoisotopic (exact) mass is 348 g/mol. The molecule has 1 N–H and O–H groups in total. The molecule has 4 nitrogen and oxygen atoms in total. The Kier molecular flexibility index (Phi) is 5.50. The van der Waals surface area contributed by atoms with Gasteiger partial charge in [0.25, 0.3) is 0 Å². The van der Waals surface area contributed by atoms with E-state index in [1.54, 1.807) is 20.3 Å². The number of rotatable bonds is 5. The third kappa shape index (κ3) is 3.75. The number of hydrogen-bond acceptors (Lipinski definition) is 4. The second-order valence-electron chi connectivity index (χ2n) is 5.96. The quantitative estimate of drug-likeness (QED) is 0.901. The van der Waals surface area contributed by atoms with Gasteiger partial charge in [0.15, 0.2) is 0 Å². The highest BCUT2D eigenvalue weighted by Crippen LogP contribution is 2.38. The molecule has 134 valence electrons. The van der Waals surface area contributed by atoms with E-state index in [0.717, 1.165) is 37.8 Å². The molecular formula is C19H22F2N2O2. The van der Waals surface area contributed by atoms with Gasteiger partial charge in [-0.2, -0.15) is 0 Å². The molecule has 1 saturated heterocycles. The van der Waals surface area contributed by atoms with E-state index < -0.39 is 11.6 Å². The van der Waals surface area contributed by atoms with Crippen molar-refractivity contribution in [2.24, 2.45) is 0 Å². The minimum Gasteiger partial charge on any atom is -0.497 e. The predicted octanol–water partition coefficient (Wildman–Crippen LogP) is 2.98. The van der Waals surface area contributed by atoms with Crippen LogP contribution in [0.4, 0.5) is 8.78 Å². The van der Waals surface area contributed by atoms with Crippen molar-refractivity contribution in [1.82, 2.24) is 10.2 Å². The lowest BCUT2D eigenvalue weighted by molar-refractivity contribution is 0.192. The number of halogens is 2. The van der Waals surface area contributed by atoms with Crippen LogP contribution in [0, 0.1) is 11.6 Å². The fourth-order valence-corrected chi connectivity index (χ4v) is 3.28. The van der Waals surface area contributed by atoms with Gasteiger partial charge in [-0.15, -0.1) is 0 Å². The van der Waals surface area contributed by atoms with Crippen LogP contribution in [0.3, 0.4) is 0 Å². The lowest BCUT2D eigenvalue weighted by Gasteiger charge is -2.36. The largest absolute Gasteiger partial charge is 0.497 e. The summed E-state index contributed by atoms with van der Waals surface area (Å²) in [5.74, 6) is 0.165. The zero-order valence-electron chi connectivity index (χ0n) is 14.4. The van der Waals surface area contributed by atoms with E-state index >= 15 is 0 Å². The van der Waals surface area contributed by atoms with Crippen molar-refractivity contribution in [3.63, 3.8) is 0 Å². The van der Waals surface area contributed by atoms with E-state index in [-0.39, 0.29) is 6.04 Å². The van der Waals surface area contributed by atoms with Crippen LogP contribution in [0.1, 0.15) is 17.2 Å². The van der Waals surface area contributed by atoms with Gasteiger partial charge in [0.2, 0.25) is 0 Å². The van der Waals surface area contributed by atoms with Crippen molar-refractivity contribution in [2.45, 2.75) is 6.04 Å². The lowest BCUT2D eigenvalue weighted by atomic mass is 9.94. The third-order valence-electron chi connectivity index (χ3n) is 4.51. The van der Waals surface area contributed by atoms with Crippen LogP contribution in [0.25, 0.3) is 0 Å². The Balaban J connectivity index is 2.13. The van der Waals surface area contributed by atoms with Crippen molar-refractivity contribution in [1.29, 1.82) is 0 Å². The zero-order chi connectivity index (χ0) is 17.8. The summed E-state index contributed by atoms with van der Waals surface area (Å²) in [5, 5.41) is 3.30. The van der Waals surface area contributed by atoms with Gasteiger partial charge in [-0.25, -0.2) is 8.78 Å². The normalized spacial score (nSPS) is 16.5. The summed E-state index contributed by atoms with van der Waals surface area (Å²) in [6, 6.07) is 8.82. The smallest absolute Gasteiger partial charge is 0.131 e. The molecule has 1 fully saturated rings. The van der Waals surface area contributed by atoms with Gasteiger partial charge in [-0.05, 0) is 24.3 Å². The second kappa shape index (κ2) is 7.80. The molecule has 0 amide bonds. The predicted molar refractivity (Wildman–Crippen MR) is 92.2 cm³/mol. The maximum absolute atomic E-state index is 14.6. The van der Waals surface area contributed by atoms with Crippen LogP contribution in [0.5, 0.6) is 11.5 Å². The minimum atomic E-state index is -0.585. The van der Waals surface area contributed by atoms with Crippen LogP contribution in [0.2, 0.25) is 0 Å². The van der Waals surface area contributed by atoms with Crippen molar-refractivity contribution in [2.75, 3.05) is 40.4 Å². The third-order valence-corrected chi connectivity index (χ3v) is 4.51. The summed E-state index contributed by atoms with van der Waals surface area (Å²) in [6.07, 6.45) is 0. The first-order valence-electron chi connectivity index (χ1n) is 8.25. The van der Waals surface area contributed by atoms with Crippen molar-refractivity contribution in [3.8, 4) is 11.5 Å². The number of ether oxygens (including phenoxy) is 2. The van der Waals surface area contributed by atoms with Crippen molar-refractivity contribution < 1.29 is 18.3 Å². The average molecular weight is 348 g/mol. The number of hydrogen-bond donors (Lipinski definition) is 1. The summed E-state index contributed by atoms with van der Waals surface area (Å²) in [5.41, 5.74) is 1.23. The Hall–Kier alpha value is -2.18. The van der Waals surface area contributed by atoms with Gasteiger partial charge in [0.1, 0.15) is 23.1 Å². The molecule has 0 saturated carbocycles. The van der Waals surface area contributed by atoms with Gasteiger partial charge in [-0.1, -0.05) is 6.07 Å². The molecule has 2 aromatic carbocycles. The summed E-state index contributed by atoms with van der Waals surface area (Å²) >= 11 is 0. The SMILES string of the molecule is COc1ccc(OC)c(C(c2ccc(F)cc2F)N2CCNCC2)c1. The molecule has 1 aliphatic rings. The summed E-state index contributed by atoms with van der Waals surface area (Å²) < 4.78 is 38.9. The fourth-order valence-electron chi connectivity index (χ4n) is 3.28. The molecule has 0 bridgehead atoms. The summed E-state index contributed by atoms with van der Waals surface area (Å²) in [7, 11) is 3.17. The van der Waals surface area contributed by atoms with Gasteiger partial charge >= 0.3 is 0 Å². The Morgan fingerprint density at radius 2 is 1.72 bits per heavy atom. The standard InChI is InChI=1S/C19H22F2N2O2/c1-24-14-4-6-18(25-2)16(12-14)19(23-9-7-22-8-10-23)15-5-3-13(20)11-17(15)21/h3-6,11-12,19,22H,7-10H2,1-2H3. The first kappa shape index (κ1) is 17.6. The highest BCUT2D eigenvalue weighted by atomic mass is 19.1. The number of nitrogens with one attached hydrogen (secondary N) is 1. The first-order chi connectivity index (χ1) is 12.1. The number of piperazine rings is 1. The highest BCUT2D eigenvalue weighted by Gasteiger charge is 2.29. The molecule has 0 radical (unpaired) electrons. The van der Waals surface area contributed by atoms with Crippen molar-refractivity contribution in [3.05, 3.63) is 59.2 Å². The van der Waals surface area contributed by atoms with Crippen LogP contribution in [-0.2, 0) is 0 Å². The molecular weight excluding hydrogens is 326 g/mol. The molecule has 25 heavy (non-hydrogen) atoms. The molecule has 0 aliphatic carbocycles. The number of nitrogens with zero attached hydrogens (tertiary/aromatic N) is 1. The molecule has 3 rings (SSSR count). The molecule has 0 spiro atoms. The topological polar surface area (TPSA) is 33.7 Å². The number of benzene rings is 2. The number of methoxy groups -OCH3 is 2. The van der Waals surface area contributed by atoms with Gasteiger partial charge in [-0.3, -0.25) is 4.90 Å². The fraction of sp³-hybridized carbons (Fsp3) is 0.368. The molecule has 1 aliphatic heterocycles. The lowest BCUT2D eigenvalue weighted by Crippen LogP contribution is -2.45. The molecule has 2 aromatic rings. The molecule has 0 aromatic heterocycles. The van der Waals surface area contributed by atoms with Gasteiger partial charge in [0.05, 0.1) is 20.3 Å². The Labute approximate surface area is 146 Å². The van der Waals surface area contributed by atoms with Crippen LogP contribution in [-0.4, -0.2) is 45.3 Å². The maximum atomic E-state index is 14.6. The van der Waals surface area contributed by atoms with E-state index in [1.165, 1.54) is 12.1 Å². The van der Waals surface area contributed by atoms with E-state index in [4.69, 9.17) is 9.47 Å². The molecule has 1 unspecified atom stereocenters. The Morgan fingerprint density at radius 3 is 2.36 bits per heavy atom. The van der Waals surface area contributed by atoms with E-state index in [1.807, 2.05) is 12.1 Å². The Bertz CT molecular complexity index is 733. The Morgan fingerprint density at radius 1 is 0.960 bits per heavy atom. The first-order valence-corrected chi connectivity index (χ1v) is 8.25. The van der Waals surface area contributed by atoms with Crippen molar-refractivity contribution >= 4 is 0 Å².